The highest BCUT2D eigenvalue weighted by Gasteiger charge is 2.26. The quantitative estimate of drug-likeness (QED) is 0.323. The van der Waals surface area contributed by atoms with E-state index < -0.39 is 31.8 Å². The lowest BCUT2D eigenvalue weighted by atomic mass is 9.93. The highest BCUT2D eigenvalue weighted by atomic mass is 16.7. The zero-order valence-corrected chi connectivity index (χ0v) is 16.3. The van der Waals surface area contributed by atoms with Gasteiger partial charge in [0.1, 0.15) is 12.6 Å². The summed E-state index contributed by atoms with van der Waals surface area (Å²) in [5.41, 5.74) is -1.11. The summed E-state index contributed by atoms with van der Waals surface area (Å²) >= 11 is 0. The van der Waals surface area contributed by atoms with E-state index in [0.717, 1.165) is 25.8 Å². The lowest BCUT2D eigenvalue weighted by molar-refractivity contribution is -0.123. The van der Waals surface area contributed by atoms with E-state index in [2.05, 4.69) is 0 Å². The van der Waals surface area contributed by atoms with Gasteiger partial charge in [0.2, 0.25) is 0 Å². The predicted octanol–water partition coefficient (Wildman–Crippen LogP) is 0.538. The van der Waals surface area contributed by atoms with Crippen molar-refractivity contribution in [3.8, 4) is 0 Å². The van der Waals surface area contributed by atoms with Crippen molar-refractivity contribution in [1.82, 2.24) is 0 Å². The molecule has 0 aromatic rings. The lowest BCUT2D eigenvalue weighted by Gasteiger charge is -2.23. The van der Waals surface area contributed by atoms with Crippen LogP contribution < -0.4 is 0 Å². The fraction of sp³-hybridized carbons (Fsp3) is 0.882. The number of aliphatic hydroxyl groups excluding tert-OH is 4. The highest BCUT2D eigenvalue weighted by molar-refractivity contribution is 5.48. The standard InChI is InChI=1S/C6H14O2.C5H12O4.2C3H6O/c1-4-7-6(3)8-5-2;6-1-5(2-7,3-8)4-9;2*1-2-3-4/h6H,4-5H2,1-3H3;6-9H,1-4H2;2*3H,2H2,1H3. The van der Waals surface area contributed by atoms with Gasteiger partial charge in [0.05, 0.1) is 31.8 Å². The van der Waals surface area contributed by atoms with Gasteiger partial charge < -0.3 is 39.5 Å². The van der Waals surface area contributed by atoms with E-state index in [0.29, 0.717) is 12.8 Å². The minimum atomic E-state index is -1.11. The molecule has 0 aliphatic heterocycles. The van der Waals surface area contributed by atoms with Crippen molar-refractivity contribution >= 4 is 12.6 Å². The Morgan fingerprint density at radius 3 is 1.08 bits per heavy atom. The van der Waals surface area contributed by atoms with E-state index in [1.165, 1.54) is 0 Å². The Morgan fingerprint density at radius 2 is 1.00 bits per heavy atom. The molecule has 4 N–H and O–H groups in total. The highest BCUT2D eigenvalue weighted by Crippen LogP contribution is 2.11. The number of hydrogen-bond donors (Lipinski definition) is 4. The van der Waals surface area contributed by atoms with Crippen LogP contribution in [0.15, 0.2) is 0 Å². The Bertz CT molecular complexity index is 213. The van der Waals surface area contributed by atoms with Crippen LogP contribution in [0, 0.1) is 5.41 Å². The molecule has 0 aliphatic rings. The maximum atomic E-state index is 9.17. The molecule has 0 fully saturated rings. The average Bonchev–Trinajstić information content (AvgIpc) is 2.65. The summed E-state index contributed by atoms with van der Waals surface area (Å²) in [6, 6.07) is 0. The van der Waals surface area contributed by atoms with Crippen molar-refractivity contribution in [2.75, 3.05) is 39.6 Å². The van der Waals surface area contributed by atoms with Gasteiger partial charge in [-0.3, -0.25) is 0 Å². The van der Waals surface area contributed by atoms with E-state index in [-0.39, 0.29) is 6.29 Å². The van der Waals surface area contributed by atoms with Gasteiger partial charge in [-0.2, -0.15) is 0 Å². The molecule has 0 radical (unpaired) electrons. The molecule has 0 spiro atoms. The van der Waals surface area contributed by atoms with Gasteiger partial charge in [-0.25, -0.2) is 0 Å². The molecule has 0 aliphatic carbocycles. The molecule has 25 heavy (non-hydrogen) atoms. The second kappa shape index (κ2) is 27.9. The minimum absolute atomic E-state index is 0.0370. The first-order chi connectivity index (χ1) is 11.9. The van der Waals surface area contributed by atoms with E-state index >= 15 is 0 Å². The number of carbonyl (C=O) groups is 2. The molecule has 0 saturated carbocycles. The van der Waals surface area contributed by atoms with Crippen molar-refractivity contribution in [1.29, 1.82) is 0 Å². The van der Waals surface area contributed by atoms with Crippen molar-refractivity contribution < 1.29 is 39.5 Å². The first kappa shape index (κ1) is 31.8. The molecule has 0 aromatic heterocycles. The molecule has 0 rings (SSSR count). The summed E-state index contributed by atoms with van der Waals surface area (Å²) in [7, 11) is 0. The first-order valence-electron chi connectivity index (χ1n) is 8.42. The molecule has 8 heteroatoms. The van der Waals surface area contributed by atoms with Gasteiger partial charge in [-0.1, -0.05) is 13.8 Å². The van der Waals surface area contributed by atoms with Crippen LogP contribution in [0.3, 0.4) is 0 Å². The largest absolute Gasteiger partial charge is 0.396 e. The van der Waals surface area contributed by atoms with Crippen LogP contribution in [0.1, 0.15) is 47.5 Å². The lowest BCUT2D eigenvalue weighted by Crippen LogP contribution is -2.37. The average molecular weight is 370 g/mol. The monoisotopic (exact) mass is 370 g/mol. The van der Waals surface area contributed by atoms with E-state index in [4.69, 9.17) is 29.9 Å². The van der Waals surface area contributed by atoms with Crippen molar-refractivity contribution in [2.24, 2.45) is 5.41 Å². The Kier molecular flexibility index (Phi) is 35.6. The summed E-state index contributed by atoms with van der Waals surface area (Å²) in [4.78, 5) is 18.3. The molecule has 0 saturated heterocycles. The maximum Gasteiger partial charge on any atom is 0.154 e. The van der Waals surface area contributed by atoms with Gasteiger partial charge in [0.25, 0.3) is 0 Å². The molecule has 8 nitrogen and oxygen atoms in total. The Balaban J connectivity index is -0.000000126. The first-order valence-corrected chi connectivity index (χ1v) is 8.42. The summed E-state index contributed by atoms with van der Waals surface area (Å²) < 4.78 is 10.1. The van der Waals surface area contributed by atoms with Crippen LogP contribution in [0.2, 0.25) is 0 Å². The Hall–Kier alpha value is -0.900. The van der Waals surface area contributed by atoms with Gasteiger partial charge >= 0.3 is 0 Å². The summed E-state index contributed by atoms with van der Waals surface area (Å²) in [5, 5.41) is 34.0. The maximum absolute atomic E-state index is 9.17. The molecule has 0 bridgehead atoms. The molecule has 0 amide bonds. The zero-order chi connectivity index (χ0) is 20.6. The van der Waals surface area contributed by atoms with E-state index in [1.54, 1.807) is 0 Å². The number of hydrogen-bond acceptors (Lipinski definition) is 8. The van der Waals surface area contributed by atoms with Crippen molar-refractivity contribution in [3.63, 3.8) is 0 Å². The van der Waals surface area contributed by atoms with Crippen LogP contribution in [-0.4, -0.2) is 78.9 Å². The topological polar surface area (TPSA) is 134 Å². The number of aliphatic hydroxyl groups is 4. The van der Waals surface area contributed by atoms with E-state index in [1.807, 2.05) is 34.6 Å². The molecule has 0 aromatic carbocycles. The number of aldehydes is 2. The second-order valence-corrected chi connectivity index (χ2v) is 4.76. The molecular formula is C17H38O8. The summed E-state index contributed by atoms with van der Waals surface area (Å²) in [6.07, 6.45) is 2.99. The number of rotatable bonds is 10. The van der Waals surface area contributed by atoms with Crippen molar-refractivity contribution in [3.05, 3.63) is 0 Å². The molecular weight excluding hydrogens is 332 g/mol. The van der Waals surface area contributed by atoms with Gasteiger partial charge in [0.15, 0.2) is 6.29 Å². The van der Waals surface area contributed by atoms with Gasteiger partial charge in [-0.15, -0.1) is 0 Å². The van der Waals surface area contributed by atoms with Crippen molar-refractivity contribution in [2.45, 2.75) is 53.8 Å². The number of carbonyl (C=O) groups excluding carboxylic acids is 2. The summed E-state index contributed by atoms with van der Waals surface area (Å²) in [6.45, 7) is 9.25. The molecule has 154 valence electrons. The van der Waals surface area contributed by atoms with Crippen LogP contribution >= 0.6 is 0 Å². The van der Waals surface area contributed by atoms with Crippen LogP contribution in [0.25, 0.3) is 0 Å². The molecule has 0 heterocycles. The Labute approximate surface area is 151 Å². The van der Waals surface area contributed by atoms with E-state index in [9.17, 15) is 9.59 Å². The van der Waals surface area contributed by atoms with Gasteiger partial charge in [0, 0.05) is 26.1 Å². The fourth-order valence-corrected chi connectivity index (χ4v) is 0.818. The SMILES string of the molecule is CCC=O.CCC=O.CCOC(C)OCC.OCC(CO)(CO)CO. The zero-order valence-electron chi connectivity index (χ0n) is 16.3. The normalized spacial score (nSPS) is 9.68. The van der Waals surface area contributed by atoms with Crippen LogP contribution in [0.5, 0.6) is 0 Å². The van der Waals surface area contributed by atoms with Crippen LogP contribution in [-0.2, 0) is 19.1 Å². The fourth-order valence-electron chi connectivity index (χ4n) is 0.818. The minimum Gasteiger partial charge on any atom is -0.396 e. The molecule has 0 atom stereocenters. The third-order valence-electron chi connectivity index (χ3n) is 2.48. The number of ether oxygens (including phenoxy) is 2. The smallest absolute Gasteiger partial charge is 0.154 e. The van der Waals surface area contributed by atoms with Crippen LogP contribution in [0.4, 0.5) is 0 Å². The predicted molar refractivity (Wildman–Crippen MR) is 96.2 cm³/mol. The summed E-state index contributed by atoms with van der Waals surface area (Å²) in [5.74, 6) is 0. The third kappa shape index (κ3) is 28.2. The van der Waals surface area contributed by atoms with Gasteiger partial charge in [-0.05, 0) is 20.8 Å². The molecule has 0 unspecified atom stereocenters. The second-order valence-electron chi connectivity index (χ2n) is 4.76. The Morgan fingerprint density at radius 1 is 0.760 bits per heavy atom. The third-order valence-corrected chi connectivity index (χ3v) is 2.48.